The summed E-state index contributed by atoms with van der Waals surface area (Å²) in [5.74, 6) is 1.82. The Kier molecular flexibility index (Phi) is 34.5. The van der Waals surface area contributed by atoms with Gasteiger partial charge in [0.25, 0.3) is 0 Å². The van der Waals surface area contributed by atoms with Gasteiger partial charge in [-0.1, -0.05) is 138 Å². The normalized spacial score (nSPS) is 13.6. The number of aryl methyl sites for hydroxylation is 3. The van der Waals surface area contributed by atoms with E-state index in [2.05, 4.69) is 112 Å². The Labute approximate surface area is 789 Å². The van der Waals surface area contributed by atoms with E-state index in [1.807, 2.05) is 109 Å². The Bertz CT molecular complexity index is 6550. The van der Waals surface area contributed by atoms with Crippen molar-refractivity contribution in [2.24, 2.45) is 67.1 Å². The highest BCUT2D eigenvalue weighted by atomic mass is 35.5. The Morgan fingerprint density at radius 3 is 1.25 bits per heavy atom. The number of hydrogen-bond donors (Lipinski definition) is 12. The van der Waals surface area contributed by atoms with Gasteiger partial charge in [0.2, 0.25) is 0 Å². The second-order valence-electron chi connectivity index (χ2n) is 34.6. The van der Waals surface area contributed by atoms with Gasteiger partial charge in [0.15, 0.2) is 41.3 Å². The maximum Gasteiger partial charge on any atom is 0.354 e. The molecule has 1 fully saturated rings. The van der Waals surface area contributed by atoms with Crippen molar-refractivity contribution in [3.05, 3.63) is 280 Å². The molecule has 1 saturated heterocycles. The fourth-order valence-electron chi connectivity index (χ4n) is 15.8. The zero-order valence-corrected chi connectivity index (χ0v) is 78.1. The van der Waals surface area contributed by atoms with E-state index in [4.69, 9.17) is 83.4 Å². The third-order valence-corrected chi connectivity index (χ3v) is 23.7. The van der Waals surface area contributed by atoms with E-state index in [-0.39, 0.29) is 57.4 Å². The molecule has 0 aliphatic carbocycles. The number of aliphatic imine (C=N–C) groups is 3. The number of fused-ring (bicyclic) bond motifs is 3. The fraction of sp³-hybridized carbons (Fsp3) is 0.343. The summed E-state index contributed by atoms with van der Waals surface area (Å²) in [6, 6.07) is 44.2. The summed E-state index contributed by atoms with van der Waals surface area (Å²) < 4.78 is 68.3. The molecule has 4 atom stereocenters. The number of nitrogens with two attached hydrogens (primary N) is 6. The van der Waals surface area contributed by atoms with E-state index in [0.29, 0.717) is 166 Å². The lowest BCUT2D eigenvalue weighted by atomic mass is 10.00. The number of anilines is 2. The summed E-state index contributed by atoms with van der Waals surface area (Å²) in [6.45, 7) is 16.2. The summed E-state index contributed by atoms with van der Waals surface area (Å²) in [6.07, 6.45) is 22.4. The first-order chi connectivity index (χ1) is 64.5. The fourth-order valence-corrected chi connectivity index (χ4v) is 16.5. The van der Waals surface area contributed by atoms with Gasteiger partial charge in [-0.3, -0.25) is 28.7 Å². The first-order valence-electron chi connectivity index (χ1n) is 45.0. The van der Waals surface area contributed by atoms with Gasteiger partial charge in [0.05, 0.1) is 86.8 Å². The minimum absolute atomic E-state index is 0.0133. The van der Waals surface area contributed by atoms with Gasteiger partial charge in [-0.15, -0.1) is 0 Å². The predicted octanol–water partition coefficient (Wildman–Crippen LogP) is 17.8. The van der Waals surface area contributed by atoms with Crippen LogP contribution in [0, 0.1) is 35.2 Å². The molecule has 18 N–H and O–H groups in total. The highest BCUT2D eigenvalue weighted by molar-refractivity contribution is 6.32. The molecule has 0 bridgehead atoms. The van der Waals surface area contributed by atoms with Crippen LogP contribution in [0.2, 0.25) is 15.1 Å². The monoisotopic (exact) mass is 1880 g/mol. The Morgan fingerprint density at radius 1 is 0.478 bits per heavy atom. The molecule has 6 aromatic carbocycles. The lowest BCUT2D eigenvalue weighted by molar-refractivity contribution is 0.0415. The maximum absolute atomic E-state index is 15.2. The molecule has 1 aliphatic heterocycles. The van der Waals surface area contributed by atoms with Gasteiger partial charge in [-0.2, -0.15) is 15.0 Å². The number of ether oxygens (including phenoxy) is 3. The van der Waals surface area contributed by atoms with Crippen molar-refractivity contribution in [1.29, 1.82) is 0 Å². The second-order valence-corrected chi connectivity index (χ2v) is 35.9. The molecule has 0 saturated carbocycles. The second kappa shape index (κ2) is 47.0. The number of H-pyrrole nitrogens is 4. The molecule has 1 aliphatic rings. The Hall–Kier alpha value is -13.1. The molecular formula is C99H115Cl3F3N23O6. The molecule has 15 rings (SSSR count). The Morgan fingerprint density at radius 2 is 0.873 bits per heavy atom. The number of aromatic nitrogens is 12. The quantitative estimate of drug-likeness (QED) is 0.0125. The number of aromatic amines is 4. The Balaban J connectivity index is 0.000000171. The third kappa shape index (κ3) is 27.6. The number of benzene rings is 6. The van der Waals surface area contributed by atoms with Gasteiger partial charge >= 0.3 is 17.1 Å². The van der Waals surface area contributed by atoms with Crippen LogP contribution in [-0.4, -0.2) is 127 Å². The van der Waals surface area contributed by atoms with Crippen molar-refractivity contribution in [3.8, 4) is 50.8 Å². The van der Waals surface area contributed by atoms with Crippen LogP contribution in [0.1, 0.15) is 152 Å². The van der Waals surface area contributed by atoms with Gasteiger partial charge in [-0.25, -0.2) is 37.5 Å². The number of pyridine rings is 1. The summed E-state index contributed by atoms with van der Waals surface area (Å²) in [5.41, 5.74) is 42.9. The van der Waals surface area contributed by atoms with Gasteiger partial charge in [-0.05, 0) is 225 Å². The van der Waals surface area contributed by atoms with E-state index in [1.165, 1.54) is 13.7 Å². The first kappa shape index (κ1) is 98.4. The molecule has 29 nitrogen and oxygen atoms in total. The predicted molar refractivity (Wildman–Crippen MR) is 529 cm³/mol. The standard InChI is InChI=1S/C35H40ClFN8O2.C33H39ClFN9O2.C31H36ClFN6O2/c1-22(2)6-5-7-24-16-28(32(37)29(36)17-24)30-18-25-20-45(35(46)44-33(25)43-30)26-11-9-23(10-12-26)21-47-27(13-15-41-34(38)39)19-42-31-8-3-4-14-40-31;1-20(2)4-3-5-22-14-26(29(35)27(34)15-22)28-16-23-18-44(33(45)43-30(23)42-28)24-8-6-21(7-9-24)19-46-25(10-11-38-31(36)37)17-41-32-39-12-13-40-32;1-18(2)4-3-5-19-14-24(28(33)25(32)15-19)26-16-21-17-39(31(40)38-29(21)37-26)22-8-6-20(7-9-22)27-11-10-23(41-27)12-13-36-30(34)35/h3-4,8-12,14,16-18,20,22,27H,5-7,13,15,19,21H2,1-2H3,(H,40,42)(H4,38,39,41)(H,43,44,46);6-9,12-16,18,20,25H,3-5,10-11,17,19H2,1-2H3,(H4,36,37,38)(H2,39,40,41)(H,42,43,45);6-9,14-18,23,27H,3-5,10-13H2,1-2H3,(H4,34,35,36)(H,37,38,40)/t27-;25-;23-,27-/m111/s1. The van der Waals surface area contributed by atoms with Crippen LogP contribution < -0.4 is 62.1 Å². The van der Waals surface area contributed by atoms with Crippen molar-refractivity contribution in [1.82, 2.24) is 58.6 Å². The van der Waals surface area contributed by atoms with Crippen molar-refractivity contribution >= 4 is 97.5 Å². The van der Waals surface area contributed by atoms with Crippen LogP contribution in [-0.2, 0) is 46.7 Å². The average molecular weight is 1890 g/mol. The van der Waals surface area contributed by atoms with Crippen LogP contribution in [0.4, 0.5) is 24.9 Å². The van der Waals surface area contributed by atoms with Crippen LogP contribution in [0.3, 0.4) is 0 Å². The zero-order valence-electron chi connectivity index (χ0n) is 75.8. The topological polar surface area (TPSA) is 439 Å². The number of imidazole rings is 1. The van der Waals surface area contributed by atoms with Gasteiger partial charge in [0.1, 0.15) is 22.8 Å². The van der Waals surface area contributed by atoms with Crippen molar-refractivity contribution < 1.29 is 27.4 Å². The van der Waals surface area contributed by atoms with E-state index in [0.717, 1.165) is 116 Å². The molecule has 14 aromatic rings. The zero-order chi connectivity index (χ0) is 95.1. The van der Waals surface area contributed by atoms with E-state index in [1.54, 1.807) is 73.6 Å². The van der Waals surface area contributed by atoms with Crippen LogP contribution >= 0.6 is 34.8 Å². The SMILES string of the molecule is CC(C)CCCc1cc(Cl)c(F)c(-c2cc3cn(-c4ccc(CO[C@H](CCN=C(N)N)CNc5ccccn5)cc4)c(=O)nc3[nH]2)c1.CC(C)CCCc1cc(Cl)c(F)c(-c2cc3cn(-c4ccc(CO[C@H](CCN=C(N)N)CNc5ncc[nH]5)cc4)c(=O)nc3[nH]2)c1.CC(C)CCCc1cc(Cl)c(F)c(-c2cc3cn(-c4ccc([C@H]5CC[C@H](CCN=C(N)N)O5)cc4)c(=O)nc3[nH]2)c1. The molecule has 704 valence electrons. The number of nitrogens with zero attached hydrogens (tertiary/aromatic N) is 11. The molecule has 0 amide bonds. The van der Waals surface area contributed by atoms with Crippen molar-refractivity contribution in [2.75, 3.05) is 43.4 Å². The molecule has 0 radical (unpaired) electrons. The van der Waals surface area contributed by atoms with Gasteiger partial charge in [0, 0.05) is 103 Å². The third-order valence-electron chi connectivity index (χ3n) is 22.9. The van der Waals surface area contributed by atoms with Crippen LogP contribution in [0.15, 0.2) is 212 Å². The summed E-state index contributed by atoms with van der Waals surface area (Å²) in [5, 5.41) is 8.72. The van der Waals surface area contributed by atoms with Crippen molar-refractivity contribution in [3.63, 3.8) is 0 Å². The maximum atomic E-state index is 15.2. The van der Waals surface area contributed by atoms with Crippen molar-refractivity contribution in [2.45, 2.75) is 169 Å². The number of nitrogens with one attached hydrogen (secondary N) is 6. The highest BCUT2D eigenvalue weighted by Gasteiger charge is 2.28. The molecule has 35 heteroatoms. The molecule has 0 spiro atoms. The average Bonchev–Trinajstić information content (AvgIpc) is 1.65. The summed E-state index contributed by atoms with van der Waals surface area (Å²) in [7, 11) is 0. The molecule has 0 unspecified atom stereocenters. The lowest BCUT2D eigenvalue weighted by Crippen LogP contribution is -2.27. The summed E-state index contributed by atoms with van der Waals surface area (Å²) >= 11 is 18.8. The van der Waals surface area contributed by atoms with E-state index >= 15 is 13.2 Å². The number of guanidine groups is 3. The molecule has 9 heterocycles. The van der Waals surface area contributed by atoms with E-state index in [9.17, 15) is 14.4 Å². The number of rotatable bonds is 40. The minimum Gasteiger partial charge on any atom is -0.372 e. The van der Waals surface area contributed by atoms with Gasteiger partial charge < -0.3 is 79.2 Å². The molecule has 134 heavy (non-hydrogen) atoms. The summed E-state index contributed by atoms with van der Waals surface area (Å²) in [4.78, 5) is 84.7. The number of hydrogen-bond acceptors (Lipinski definition) is 16. The highest BCUT2D eigenvalue weighted by Crippen LogP contribution is 2.38. The van der Waals surface area contributed by atoms with Crippen LogP contribution in [0.25, 0.3) is 83.9 Å². The first-order valence-corrected chi connectivity index (χ1v) is 46.2. The number of halogens is 6. The molecular weight excluding hydrogens is 1770 g/mol. The smallest absolute Gasteiger partial charge is 0.354 e. The minimum atomic E-state index is -0.510. The van der Waals surface area contributed by atoms with Crippen LogP contribution in [0.5, 0.6) is 0 Å². The lowest BCUT2D eigenvalue weighted by Gasteiger charge is -2.18. The molecule has 8 aromatic heterocycles. The largest absolute Gasteiger partial charge is 0.372 e. The van der Waals surface area contributed by atoms with E-state index < -0.39 is 34.5 Å².